The van der Waals surface area contributed by atoms with Crippen molar-refractivity contribution in [3.8, 4) is 5.75 Å². The molecule has 150 valence electrons. The molecule has 0 atom stereocenters. The highest BCUT2D eigenvalue weighted by atomic mass is 35.5. The third-order valence-electron chi connectivity index (χ3n) is 3.65. The van der Waals surface area contributed by atoms with Crippen molar-refractivity contribution in [2.24, 2.45) is 0 Å². The van der Waals surface area contributed by atoms with E-state index >= 15 is 0 Å². The van der Waals surface area contributed by atoms with Gasteiger partial charge in [0.25, 0.3) is 5.91 Å². The van der Waals surface area contributed by atoms with Crippen molar-refractivity contribution < 1.29 is 27.5 Å². The zero-order valence-corrected chi connectivity index (χ0v) is 17.0. The Morgan fingerprint density at radius 1 is 1.11 bits per heavy atom. The van der Waals surface area contributed by atoms with Crippen LogP contribution in [0, 0.1) is 0 Å². The molecule has 10 heteroatoms. The molecule has 0 heterocycles. The van der Waals surface area contributed by atoms with Crippen LogP contribution in [0.15, 0.2) is 36.4 Å². The number of methoxy groups -OCH3 is 2. The number of ether oxygens (including phenoxy) is 2. The van der Waals surface area contributed by atoms with Crippen LogP contribution in [0.3, 0.4) is 0 Å². The third kappa shape index (κ3) is 5.61. The molecule has 0 aliphatic rings. The number of rotatable bonds is 7. The number of anilines is 1. The van der Waals surface area contributed by atoms with Crippen LogP contribution in [-0.2, 0) is 21.3 Å². The zero-order valence-electron chi connectivity index (χ0n) is 15.4. The second kappa shape index (κ2) is 8.94. The molecule has 0 unspecified atom stereocenters. The lowest BCUT2D eigenvalue weighted by atomic mass is 10.1. The van der Waals surface area contributed by atoms with Crippen LogP contribution in [0.5, 0.6) is 5.75 Å². The van der Waals surface area contributed by atoms with Gasteiger partial charge in [0.05, 0.1) is 31.2 Å². The molecule has 2 N–H and O–H groups in total. The van der Waals surface area contributed by atoms with Gasteiger partial charge in [-0.3, -0.25) is 9.52 Å². The van der Waals surface area contributed by atoms with Crippen LogP contribution < -0.4 is 14.8 Å². The second-order valence-electron chi connectivity index (χ2n) is 5.78. The molecule has 0 aliphatic carbocycles. The molecule has 0 radical (unpaired) electrons. The van der Waals surface area contributed by atoms with Gasteiger partial charge in [-0.1, -0.05) is 17.7 Å². The summed E-state index contributed by atoms with van der Waals surface area (Å²) < 4.78 is 34.9. The first-order chi connectivity index (χ1) is 13.1. The van der Waals surface area contributed by atoms with Crippen LogP contribution >= 0.6 is 11.6 Å². The lowest BCUT2D eigenvalue weighted by molar-refractivity contribution is 0.0597. The fourth-order valence-corrected chi connectivity index (χ4v) is 3.15. The maximum absolute atomic E-state index is 12.4. The molecular formula is C18H19ClN2O6S. The van der Waals surface area contributed by atoms with Gasteiger partial charge in [-0.05, 0) is 35.9 Å². The van der Waals surface area contributed by atoms with Gasteiger partial charge in [0.1, 0.15) is 11.3 Å². The first kappa shape index (κ1) is 21.5. The highest BCUT2D eigenvalue weighted by molar-refractivity contribution is 7.92. The van der Waals surface area contributed by atoms with Gasteiger partial charge in [0, 0.05) is 12.1 Å². The number of nitrogens with one attached hydrogen (secondary N) is 2. The molecule has 0 saturated heterocycles. The normalized spacial score (nSPS) is 10.9. The van der Waals surface area contributed by atoms with Gasteiger partial charge in [0.15, 0.2) is 0 Å². The van der Waals surface area contributed by atoms with Crippen LogP contribution in [0.2, 0.25) is 5.02 Å². The van der Waals surface area contributed by atoms with Crippen molar-refractivity contribution >= 4 is 39.2 Å². The average molecular weight is 427 g/mol. The Balaban J connectivity index is 2.16. The standard InChI is InChI=1S/C18H19ClN2O6S/c1-26-16-7-4-11(8-13(16)18(23)27-2)10-20-17(22)12-5-6-14(19)15(9-12)21-28(3,24)25/h4-9,21H,10H2,1-3H3,(H,20,22). The molecule has 28 heavy (non-hydrogen) atoms. The number of sulfonamides is 1. The number of esters is 1. The van der Waals surface area contributed by atoms with Crippen molar-refractivity contribution in [2.45, 2.75) is 6.54 Å². The molecule has 0 bridgehead atoms. The molecule has 0 aliphatic heterocycles. The summed E-state index contributed by atoms with van der Waals surface area (Å²) in [6.45, 7) is 0.129. The monoisotopic (exact) mass is 426 g/mol. The number of carbonyl (C=O) groups is 2. The fraction of sp³-hybridized carbons (Fsp3) is 0.222. The molecule has 1 amide bonds. The summed E-state index contributed by atoms with van der Waals surface area (Å²) in [4.78, 5) is 24.2. The van der Waals surface area contributed by atoms with Crippen molar-refractivity contribution in [3.63, 3.8) is 0 Å². The van der Waals surface area contributed by atoms with Crippen LogP contribution in [0.25, 0.3) is 0 Å². The molecule has 0 aromatic heterocycles. The van der Waals surface area contributed by atoms with Crippen molar-refractivity contribution in [1.82, 2.24) is 5.32 Å². The van der Waals surface area contributed by atoms with E-state index in [1.165, 1.54) is 32.4 Å². The van der Waals surface area contributed by atoms with Crippen molar-refractivity contribution in [1.29, 1.82) is 0 Å². The van der Waals surface area contributed by atoms with E-state index in [0.717, 1.165) is 6.26 Å². The minimum Gasteiger partial charge on any atom is -0.496 e. The summed E-state index contributed by atoms with van der Waals surface area (Å²) in [7, 11) is -0.842. The maximum atomic E-state index is 12.4. The summed E-state index contributed by atoms with van der Waals surface area (Å²) in [6.07, 6.45) is 0.985. The van der Waals surface area contributed by atoms with Gasteiger partial charge in [0.2, 0.25) is 10.0 Å². The highest BCUT2D eigenvalue weighted by Crippen LogP contribution is 2.24. The van der Waals surface area contributed by atoms with E-state index < -0.39 is 21.9 Å². The topological polar surface area (TPSA) is 111 Å². The molecule has 0 saturated carbocycles. The number of amides is 1. The van der Waals surface area contributed by atoms with Crippen LogP contribution in [0.1, 0.15) is 26.3 Å². The van der Waals surface area contributed by atoms with Crippen molar-refractivity contribution in [2.75, 3.05) is 25.2 Å². The Bertz CT molecular complexity index is 1010. The summed E-state index contributed by atoms with van der Waals surface area (Å²) >= 11 is 5.95. The Morgan fingerprint density at radius 3 is 2.43 bits per heavy atom. The minimum atomic E-state index is -3.54. The molecule has 2 aromatic rings. The van der Waals surface area contributed by atoms with Crippen LogP contribution in [-0.4, -0.2) is 40.8 Å². The van der Waals surface area contributed by atoms with E-state index in [4.69, 9.17) is 21.1 Å². The third-order valence-corrected chi connectivity index (χ3v) is 4.57. The second-order valence-corrected chi connectivity index (χ2v) is 7.93. The average Bonchev–Trinajstić information content (AvgIpc) is 2.65. The van der Waals surface area contributed by atoms with E-state index in [0.29, 0.717) is 11.3 Å². The highest BCUT2D eigenvalue weighted by Gasteiger charge is 2.15. The van der Waals surface area contributed by atoms with E-state index in [-0.39, 0.29) is 28.4 Å². The van der Waals surface area contributed by atoms with Gasteiger partial charge in [-0.15, -0.1) is 0 Å². The van der Waals surface area contributed by atoms with Crippen molar-refractivity contribution in [3.05, 3.63) is 58.1 Å². The zero-order chi connectivity index (χ0) is 20.9. The Kier molecular flexibility index (Phi) is 6.87. The van der Waals surface area contributed by atoms with E-state index in [2.05, 4.69) is 10.0 Å². The SMILES string of the molecule is COC(=O)c1cc(CNC(=O)c2ccc(Cl)c(NS(C)(=O)=O)c2)ccc1OC. The number of carbonyl (C=O) groups excluding carboxylic acids is 2. The molecule has 2 aromatic carbocycles. The van der Waals surface area contributed by atoms with E-state index in [1.54, 1.807) is 18.2 Å². The van der Waals surface area contributed by atoms with Gasteiger partial charge in [-0.25, -0.2) is 13.2 Å². The quantitative estimate of drug-likeness (QED) is 0.658. The van der Waals surface area contributed by atoms with Gasteiger partial charge < -0.3 is 14.8 Å². The minimum absolute atomic E-state index is 0.106. The van der Waals surface area contributed by atoms with E-state index in [9.17, 15) is 18.0 Å². The summed E-state index contributed by atoms with van der Waals surface area (Å²) in [5, 5.41) is 2.86. The first-order valence-electron chi connectivity index (χ1n) is 7.95. The fourth-order valence-electron chi connectivity index (χ4n) is 2.36. The van der Waals surface area contributed by atoms with E-state index in [1.807, 2.05) is 0 Å². The molecule has 2 rings (SSSR count). The lowest BCUT2D eigenvalue weighted by Gasteiger charge is -2.11. The molecule has 0 spiro atoms. The summed E-state index contributed by atoms with van der Waals surface area (Å²) in [5.41, 5.74) is 1.22. The maximum Gasteiger partial charge on any atom is 0.341 e. The smallest absolute Gasteiger partial charge is 0.341 e. The molecule has 0 fully saturated rings. The molecular weight excluding hydrogens is 408 g/mol. The molecule has 8 nitrogen and oxygen atoms in total. The number of hydrogen-bond acceptors (Lipinski definition) is 6. The lowest BCUT2D eigenvalue weighted by Crippen LogP contribution is -2.23. The predicted molar refractivity (Wildman–Crippen MR) is 105 cm³/mol. The predicted octanol–water partition coefficient (Wildman–Crippen LogP) is 2.44. The number of benzene rings is 2. The number of halogens is 1. The van der Waals surface area contributed by atoms with Gasteiger partial charge >= 0.3 is 5.97 Å². The van der Waals surface area contributed by atoms with Gasteiger partial charge in [-0.2, -0.15) is 0 Å². The van der Waals surface area contributed by atoms with Crippen LogP contribution in [0.4, 0.5) is 5.69 Å². The summed E-state index contributed by atoms with van der Waals surface area (Å²) in [6, 6.07) is 9.09. The number of hydrogen-bond donors (Lipinski definition) is 2. The Morgan fingerprint density at radius 2 is 1.82 bits per heavy atom. The first-order valence-corrected chi connectivity index (χ1v) is 10.2. The Hall–Kier alpha value is -2.78. The largest absolute Gasteiger partial charge is 0.496 e. The summed E-state index contributed by atoms with van der Waals surface area (Å²) in [5.74, 6) is -0.640. The Labute approximate surface area is 167 Å².